The van der Waals surface area contributed by atoms with Gasteiger partial charge in [-0.2, -0.15) is 0 Å². The lowest BCUT2D eigenvalue weighted by atomic mass is 10.1. The topological polar surface area (TPSA) is 59.8 Å². The number of pyridine rings is 1. The van der Waals surface area contributed by atoms with Crippen LogP contribution in [-0.2, 0) is 7.05 Å². The van der Waals surface area contributed by atoms with Crippen molar-refractivity contribution in [2.24, 2.45) is 7.05 Å². The number of aryl methyl sites for hydroxylation is 2. The number of carbonyl (C=O) groups excluding carboxylic acids is 1. The summed E-state index contributed by atoms with van der Waals surface area (Å²) in [5.41, 5.74) is 3.15. The van der Waals surface area contributed by atoms with Crippen molar-refractivity contribution in [3.05, 3.63) is 66.0 Å². The second kappa shape index (κ2) is 5.81. The van der Waals surface area contributed by atoms with E-state index in [0.29, 0.717) is 11.5 Å². The third kappa shape index (κ3) is 2.88. The van der Waals surface area contributed by atoms with Gasteiger partial charge in [0.25, 0.3) is 5.91 Å². The van der Waals surface area contributed by atoms with Crippen molar-refractivity contribution < 1.29 is 4.79 Å². The van der Waals surface area contributed by atoms with Crippen molar-refractivity contribution in [3.8, 4) is 11.4 Å². The number of amides is 1. The van der Waals surface area contributed by atoms with Gasteiger partial charge in [-0.1, -0.05) is 23.8 Å². The summed E-state index contributed by atoms with van der Waals surface area (Å²) in [6.45, 7) is 1.96. The molecule has 2 heterocycles. The van der Waals surface area contributed by atoms with E-state index in [1.165, 1.54) is 0 Å². The molecule has 0 saturated carbocycles. The largest absolute Gasteiger partial charge is 0.320 e. The minimum Gasteiger partial charge on any atom is -0.320 e. The molecule has 0 spiro atoms. The van der Waals surface area contributed by atoms with E-state index >= 15 is 0 Å². The SMILES string of the molecule is Cc1cccc(C(=O)Nc2nc(-c3ccccn3)cn2C)c1. The number of nitrogens with one attached hydrogen (secondary N) is 1. The van der Waals surface area contributed by atoms with Gasteiger partial charge in [-0.25, -0.2) is 4.98 Å². The molecule has 110 valence electrons. The Labute approximate surface area is 128 Å². The molecule has 1 amide bonds. The molecule has 5 heteroatoms. The lowest BCUT2D eigenvalue weighted by Crippen LogP contribution is -2.15. The molecule has 0 radical (unpaired) electrons. The van der Waals surface area contributed by atoms with Gasteiger partial charge in [0.1, 0.15) is 5.69 Å². The summed E-state index contributed by atoms with van der Waals surface area (Å²) < 4.78 is 1.78. The maximum Gasteiger partial charge on any atom is 0.257 e. The lowest BCUT2D eigenvalue weighted by molar-refractivity contribution is 0.102. The van der Waals surface area contributed by atoms with Crippen LogP contribution in [0.2, 0.25) is 0 Å². The normalized spacial score (nSPS) is 10.5. The first-order chi connectivity index (χ1) is 10.6. The number of carbonyl (C=O) groups is 1. The summed E-state index contributed by atoms with van der Waals surface area (Å²) in [6.07, 6.45) is 3.56. The summed E-state index contributed by atoms with van der Waals surface area (Å²) in [5.74, 6) is 0.317. The third-order valence-electron chi connectivity index (χ3n) is 3.31. The third-order valence-corrected chi connectivity index (χ3v) is 3.31. The lowest BCUT2D eigenvalue weighted by Gasteiger charge is -2.05. The number of nitrogens with zero attached hydrogens (tertiary/aromatic N) is 3. The van der Waals surface area contributed by atoms with Crippen molar-refractivity contribution in [2.45, 2.75) is 6.92 Å². The average molecular weight is 292 g/mol. The highest BCUT2D eigenvalue weighted by molar-refractivity contribution is 6.03. The Hall–Kier alpha value is -2.95. The fourth-order valence-corrected chi connectivity index (χ4v) is 2.18. The molecule has 0 atom stereocenters. The number of aromatic nitrogens is 3. The quantitative estimate of drug-likeness (QED) is 0.807. The van der Waals surface area contributed by atoms with Crippen LogP contribution < -0.4 is 5.32 Å². The van der Waals surface area contributed by atoms with Crippen LogP contribution >= 0.6 is 0 Å². The summed E-state index contributed by atoms with van der Waals surface area (Å²) in [5, 5.41) is 2.83. The van der Waals surface area contributed by atoms with Crippen LogP contribution in [0.3, 0.4) is 0 Å². The summed E-state index contributed by atoms with van der Waals surface area (Å²) >= 11 is 0. The monoisotopic (exact) mass is 292 g/mol. The molecule has 3 rings (SSSR count). The van der Waals surface area contributed by atoms with E-state index in [-0.39, 0.29) is 5.91 Å². The van der Waals surface area contributed by atoms with Crippen LogP contribution in [0.25, 0.3) is 11.4 Å². The number of benzene rings is 1. The highest BCUT2D eigenvalue weighted by Gasteiger charge is 2.12. The number of hydrogen-bond acceptors (Lipinski definition) is 3. The smallest absolute Gasteiger partial charge is 0.257 e. The van der Waals surface area contributed by atoms with Crippen molar-refractivity contribution in [1.82, 2.24) is 14.5 Å². The minimum absolute atomic E-state index is 0.176. The predicted octanol–water partition coefficient (Wildman–Crippen LogP) is 3.04. The first kappa shape index (κ1) is 14.0. The van der Waals surface area contributed by atoms with Crippen molar-refractivity contribution >= 4 is 11.9 Å². The van der Waals surface area contributed by atoms with Gasteiger partial charge in [-0.15, -0.1) is 0 Å². The van der Waals surface area contributed by atoms with Crippen LogP contribution in [0.5, 0.6) is 0 Å². The average Bonchev–Trinajstić information content (AvgIpc) is 2.89. The maximum absolute atomic E-state index is 12.3. The molecule has 22 heavy (non-hydrogen) atoms. The Morgan fingerprint density at radius 1 is 1.14 bits per heavy atom. The Morgan fingerprint density at radius 3 is 2.73 bits per heavy atom. The zero-order valence-electron chi connectivity index (χ0n) is 12.4. The molecule has 2 aromatic heterocycles. The first-order valence-electron chi connectivity index (χ1n) is 6.96. The van der Waals surface area contributed by atoms with Crippen LogP contribution in [0.4, 0.5) is 5.95 Å². The highest BCUT2D eigenvalue weighted by atomic mass is 16.1. The Morgan fingerprint density at radius 2 is 2.00 bits per heavy atom. The zero-order chi connectivity index (χ0) is 15.5. The highest BCUT2D eigenvalue weighted by Crippen LogP contribution is 2.18. The first-order valence-corrected chi connectivity index (χ1v) is 6.96. The predicted molar refractivity (Wildman–Crippen MR) is 85.6 cm³/mol. The molecule has 3 aromatic rings. The second-order valence-corrected chi connectivity index (χ2v) is 5.10. The van der Waals surface area contributed by atoms with Gasteiger partial charge >= 0.3 is 0 Å². The van der Waals surface area contributed by atoms with Crippen LogP contribution in [-0.4, -0.2) is 20.4 Å². The number of imidazole rings is 1. The standard InChI is InChI=1S/C17H16N4O/c1-12-6-5-7-13(10-12)16(22)20-17-19-15(11-21(17)2)14-8-3-4-9-18-14/h3-11H,1-2H3,(H,19,20,22). The number of anilines is 1. The van der Waals surface area contributed by atoms with Crippen molar-refractivity contribution in [1.29, 1.82) is 0 Å². The molecule has 1 N–H and O–H groups in total. The van der Waals surface area contributed by atoms with E-state index in [4.69, 9.17) is 0 Å². The number of hydrogen-bond donors (Lipinski definition) is 1. The van der Waals surface area contributed by atoms with Gasteiger partial charge in [-0.05, 0) is 31.2 Å². The fourth-order valence-electron chi connectivity index (χ4n) is 2.18. The van der Waals surface area contributed by atoms with Gasteiger partial charge in [0.05, 0.1) is 5.69 Å². The Balaban J connectivity index is 1.84. The van der Waals surface area contributed by atoms with Crippen LogP contribution in [0, 0.1) is 6.92 Å². The summed E-state index contributed by atoms with van der Waals surface area (Å²) in [4.78, 5) is 21.0. The van der Waals surface area contributed by atoms with E-state index in [9.17, 15) is 4.79 Å². The van der Waals surface area contributed by atoms with E-state index in [0.717, 1.165) is 17.0 Å². The van der Waals surface area contributed by atoms with Crippen molar-refractivity contribution in [3.63, 3.8) is 0 Å². The molecule has 0 bridgehead atoms. The van der Waals surface area contributed by atoms with Gasteiger partial charge in [0.15, 0.2) is 0 Å². The van der Waals surface area contributed by atoms with Gasteiger partial charge in [0.2, 0.25) is 5.95 Å². The van der Waals surface area contributed by atoms with Crippen LogP contribution in [0.15, 0.2) is 54.9 Å². The minimum atomic E-state index is -0.176. The van der Waals surface area contributed by atoms with Crippen LogP contribution in [0.1, 0.15) is 15.9 Å². The van der Waals surface area contributed by atoms with E-state index < -0.39 is 0 Å². The molecule has 0 aliphatic carbocycles. The second-order valence-electron chi connectivity index (χ2n) is 5.10. The molecule has 0 aliphatic heterocycles. The fraction of sp³-hybridized carbons (Fsp3) is 0.118. The molecular formula is C17H16N4O. The maximum atomic E-state index is 12.3. The molecule has 0 fully saturated rings. The summed E-state index contributed by atoms with van der Waals surface area (Å²) in [6, 6.07) is 13.1. The van der Waals surface area contributed by atoms with Gasteiger partial charge < -0.3 is 4.57 Å². The van der Waals surface area contributed by atoms with E-state index in [1.54, 1.807) is 16.8 Å². The zero-order valence-corrected chi connectivity index (χ0v) is 12.4. The van der Waals surface area contributed by atoms with E-state index in [1.807, 2.05) is 56.6 Å². The molecule has 0 unspecified atom stereocenters. The van der Waals surface area contributed by atoms with Crippen molar-refractivity contribution in [2.75, 3.05) is 5.32 Å². The molecular weight excluding hydrogens is 276 g/mol. The molecule has 0 saturated heterocycles. The Bertz CT molecular complexity index is 809. The molecule has 1 aromatic carbocycles. The molecule has 5 nitrogen and oxygen atoms in total. The summed E-state index contributed by atoms with van der Waals surface area (Å²) in [7, 11) is 1.84. The Kier molecular flexibility index (Phi) is 3.70. The molecule has 0 aliphatic rings. The van der Waals surface area contributed by atoms with Gasteiger partial charge in [-0.3, -0.25) is 15.1 Å². The van der Waals surface area contributed by atoms with Gasteiger partial charge in [0, 0.05) is 25.0 Å². The van der Waals surface area contributed by atoms with E-state index in [2.05, 4.69) is 15.3 Å². The number of rotatable bonds is 3.